The first-order chi connectivity index (χ1) is 13.8. The molecule has 0 unspecified atom stereocenters. The van der Waals surface area contributed by atoms with Crippen molar-refractivity contribution in [3.05, 3.63) is 40.8 Å². The van der Waals surface area contributed by atoms with Gasteiger partial charge in [-0.15, -0.1) is 0 Å². The van der Waals surface area contributed by atoms with Crippen LogP contribution in [0.25, 0.3) is 11.3 Å². The molecule has 1 aliphatic rings. The molecule has 3 amide bonds. The minimum Gasteiger partial charge on any atom is -0.365 e. The third-order valence-corrected chi connectivity index (χ3v) is 4.54. The van der Waals surface area contributed by atoms with Crippen LogP contribution in [0, 0.1) is 5.82 Å². The molecule has 2 heterocycles. The van der Waals surface area contributed by atoms with Crippen molar-refractivity contribution < 1.29 is 27.2 Å². The summed E-state index contributed by atoms with van der Waals surface area (Å²) in [6.07, 6.45) is -4.91. The molecule has 0 saturated carbocycles. The van der Waals surface area contributed by atoms with E-state index in [4.69, 9.17) is 5.73 Å². The molecule has 3 rings (SSSR count). The average molecular weight is 427 g/mol. The molecule has 0 fully saturated rings. The fraction of sp³-hybridized carbons (Fsp3) is 0.421. The number of halogens is 4. The van der Waals surface area contributed by atoms with Crippen LogP contribution >= 0.6 is 0 Å². The molecule has 2 aromatic rings. The number of amides is 3. The maximum atomic E-state index is 13.7. The predicted octanol–water partition coefficient (Wildman–Crippen LogP) is 3.13. The Morgan fingerprint density at radius 3 is 2.40 bits per heavy atom. The van der Waals surface area contributed by atoms with Gasteiger partial charge in [0.1, 0.15) is 11.5 Å². The van der Waals surface area contributed by atoms with E-state index in [-0.39, 0.29) is 42.5 Å². The van der Waals surface area contributed by atoms with Gasteiger partial charge in [-0.3, -0.25) is 9.48 Å². The van der Waals surface area contributed by atoms with Crippen molar-refractivity contribution in [2.75, 3.05) is 6.54 Å². The van der Waals surface area contributed by atoms with E-state index < -0.39 is 29.0 Å². The maximum absolute atomic E-state index is 13.7. The summed E-state index contributed by atoms with van der Waals surface area (Å²) in [6.45, 7) is 5.96. The minimum absolute atomic E-state index is 0.000505. The Morgan fingerprint density at radius 2 is 1.83 bits per heavy atom. The molecule has 30 heavy (non-hydrogen) atoms. The first kappa shape index (κ1) is 21.6. The zero-order chi connectivity index (χ0) is 22.4. The third-order valence-electron chi connectivity index (χ3n) is 4.54. The number of rotatable bonds is 2. The van der Waals surface area contributed by atoms with Crippen molar-refractivity contribution in [1.29, 1.82) is 0 Å². The Hall–Kier alpha value is -3.11. The van der Waals surface area contributed by atoms with E-state index in [9.17, 15) is 27.2 Å². The van der Waals surface area contributed by atoms with Crippen LogP contribution in [0.4, 0.5) is 22.4 Å². The number of nitrogens with two attached hydrogens (primary N) is 1. The molecule has 0 saturated heterocycles. The normalized spacial score (nSPS) is 14.4. The molecule has 1 aromatic carbocycles. The Bertz CT molecular complexity index is 1010. The zero-order valence-electron chi connectivity index (χ0n) is 16.6. The average Bonchev–Trinajstić information content (AvgIpc) is 2.98. The Labute approximate surface area is 169 Å². The lowest BCUT2D eigenvalue weighted by Crippen LogP contribution is -2.50. The summed E-state index contributed by atoms with van der Waals surface area (Å²) in [5.41, 5.74) is 3.59. The highest BCUT2D eigenvalue weighted by Crippen LogP contribution is 2.35. The smallest absolute Gasteiger partial charge is 0.365 e. The molecule has 7 nitrogen and oxygen atoms in total. The number of benzene rings is 1. The van der Waals surface area contributed by atoms with Gasteiger partial charge in [0.05, 0.1) is 29.9 Å². The van der Waals surface area contributed by atoms with Crippen LogP contribution in [0.1, 0.15) is 42.4 Å². The van der Waals surface area contributed by atoms with Gasteiger partial charge in [0.2, 0.25) is 0 Å². The molecule has 1 aliphatic heterocycles. The van der Waals surface area contributed by atoms with Gasteiger partial charge in [0, 0.05) is 17.6 Å². The number of nitrogens with zero attached hydrogens (tertiary/aromatic N) is 3. The van der Waals surface area contributed by atoms with Crippen LogP contribution in [0.3, 0.4) is 0 Å². The van der Waals surface area contributed by atoms with Crippen molar-refractivity contribution in [2.45, 2.75) is 45.6 Å². The van der Waals surface area contributed by atoms with Gasteiger partial charge in [-0.05, 0) is 39.0 Å². The number of hydrogen-bond donors (Lipinski definition) is 2. The molecular formula is C19H21F4N5O2. The molecule has 0 radical (unpaired) electrons. The maximum Gasteiger partial charge on any atom is 0.419 e. The quantitative estimate of drug-likeness (QED) is 0.722. The van der Waals surface area contributed by atoms with Crippen LogP contribution in [0.15, 0.2) is 18.2 Å². The van der Waals surface area contributed by atoms with Crippen molar-refractivity contribution in [3.63, 3.8) is 0 Å². The fourth-order valence-electron chi connectivity index (χ4n) is 3.24. The van der Waals surface area contributed by atoms with E-state index in [0.29, 0.717) is 17.8 Å². The number of alkyl halides is 3. The second-order valence-electron chi connectivity index (χ2n) is 8.05. The highest BCUT2D eigenvalue weighted by atomic mass is 19.4. The SMILES string of the molecule is CC(C)(C)NC(=O)N1CCn2nc(-c3ccc(F)c(C(F)(F)F)c3)c(C(N)=O)c2C1. The first-order valence-corrected chi connectivity index (χ1v) is 9.11. The Morgan fingerprint density at radius 1 is 1.17 bits per heavy atom. The van der Waals surface area contributed by atoms with Gasteiger partial charge in [-0.25, -0.2) is 9.18 Å². The molecule has 1 aromatic heterocycles. The number of nitrogens with one attached hydrogen (secondary N) is 1. The summed E-state index contributed by atoms with van der Waals surface area (Å²) in [7, 11) is 0. The van der Waals surface area contributed by atoms with Crippen LogP contribution in [-0.4, -0.2) is 38.7 Å². The summed E-state index contributed by atoms with van der Waals surface area (Å²) in [4.78, 5) is 26.1. The Balaban J connectivity index is 2.03. The lowest BCUT2D eigenvalue weighted by Gasteiger charge is -2.31. The fourth-order valence-corrected chi connectivity index (χ4v) is 3.24. The van der Waals surface area contributed by atoms with Crippen LogP contribution < -0.4 is 11.1 Å². The second-order valence-corrected chi connectivity index (χ2v) is 8.05. The third kappa shape index (κ3) is 4.24. The standard InChI is InChI=1S/C19H21F4N5O2/c1-18(2,3)25-17(30)27-6-7-28-13(9-27)14(16(24)29)15(26-28)10-4-5-12(20)11(8-10)19(21,22)23/h4-5,8H,6-7,9H2,1-3H3,(H2,24,29)(H,25,30). The highest BCUT2D eigenvalue weighted by Gasteiger charge is 2.36. The highest BCUT2D eigenvalue weighted by molar-refractivity contribution is 6.00. The summed E-state index contributed by atoms with van der Waals surface area (Å²) in [6, 6.07) is 2.02. The van der Waals surface area contributed by atoms with Gasteiger partial charge in [-0.2, -0.15) is 18.3 Å². The van der Waals surface area contributed by atoms with Gasteiger partial charge in [-0.1, -0.05) is 0 Å². The van der Waals surface area contributed by atoms with Crippen molar-refractivity contribution >= 4 is 11.9 Å². The molecule has 0 bridgehead atoms. The topological polar surface area (TPSA) is 93.2 Å². The monoisotopic (exact) mass is 427 g/mol. The molecule has 0 atom stereocenters. The second kappa shape index (κ2) is 7.29. The summed E-state index contributed by atoms with van der Waals surface area (Å²) >= 11 is 0. The van der Waals surface area contributed by atoms with Crippen LogP contribution in [0.2, 0.25) is 0 Å². The molecule has 0 spiro atoms. The lowest BCUT2D eigenvalue weighted by molar-refractivity contribution is -0.139. The van der Waals surface area contributed by atoms with E-state index in [2.05, 4.69) is 10.4 Å². The van der Waals surface area contributed by atoms with Gasteiger partial charge in [0.25, 0.3) is 5.91 Å². The number of carbonyl (C=O) groups excluding carboxylic acids is 2. The number of fused-ring (bicyclic) bond motifs is 1. The largest absolute Gasteiger partial charge is 0.419 e. The molecule has 162 valence electrons. The molecule has 3 N–H and O–H groups in total. The number of primary amides is 1. The van der Waals surface area contributed by atoms with Crippen molar-refractivity contribution in [1.82, 2.24) is 20.0 Å². The summed E-state index contributed by atoms with van der Waals surface area (Å²) in [5, 5.41) is 7.04. The Kier molecular flexibility index (Phi) is 5.25. The van der Waals surface area contributed by atoms with E-state index in [0.717, 1.165) is 6.07 Å². The van der Waals surface area contributed by atoms with Gasteiger partial charge < -0.3 is 16.0 Å². The minimum atomic E-state index is -4.91. The van der Waals surface area contributed by atoms with Crippen LogP contribution in [-0.2, 0) is 19.3 Å². The number of hydrogen-bond acceptors (Lipinski definition) is 3. The molecule has 0 aliphatic carbocycles. The van der Waals surface area contributed by atoms with Gasteiger partial charge >= 0.3 is 12.2 Å². The number of carbonyl (C=O) groups is 2. The number of aromatic nitrogens is 2. The van der Waals surface area contributed by atoms with E-state index >= 15 is 0 Å². The van der Waals surface area contributed by atoms with E-state index in [1.54, 1.807) is 0 Å². The molecular weight excluding hydrogens is 406 g/mol. The van der Waals surface area contributed by atoms with Crippen molar-refractivity contribution in [3.8, 4) is 11.3 Å². The van der Waals surface area contributed by atoms with E-state index in [1.807, 2.05) is 20.8 Å². The summed E-state index contributed by atoms with van der Waals surface area (Å²) in [5.74, 6) is -2.33. The summed E-state index contributed by atoms with van der Waals surface area (Å²) < 4.78 is 54.4. The van der Waals surface area contributed by atoms with Crippen molar-refractivity contribution in [2.24, 2.45) is 5.73 Å². The van der Waals surface area contributed by atoms with E-state index in [1.165, 1.54) is 9.58 Å². The number of urea groups is 1. The first-order valence-electron chi connectivity index (χ1n) is 9.11. The predicted molar refractivity (Wildman–Crippen MR) is 99.8 cm³/mol. The lowest BCUT2D eigenvalue weighted by atomic mass is 10.0. The van der Waals surface area contributed by atoms with Gasteiger partial charge in [0.15, 0.2) is 0 Å². The molecule has 11 heteroatoms. The van der Waals surface area contributed by atoms with Crippen LogP contribution in [0.5, 0.6) is 0 Å². The zero-order valence-corrected chi connectivity index (χ0v) is 16.6.